The third-order valence-electron chi connectivity index (χ3n) is 4.89. The summed E-state index contributed by atoms with van der Waals surface area (Å²) in [5.41, 5.74) is 4.57. The van der Waals surface area contributed by atoms with E-state index in [0.717, 1.165) is 39.8 Å². The summed E-state index contributed by atoms with van der Waals surface area (Å²) in [6.07, 6.45) is 4.73. The summed E-state index contributed by atoms with van der Waals surface area (Å²) in [7, 11) is 0. The number of carbonyl (C=O) groups is 1. The second-order valence-corrected chi connectivity index (χ2v) is 9.17. The van der Waals surface area contributed by atoms with Gasteiger partial charge in [0.25, 0.3) is 0 Å². The fourth-order valence-corrected chi connectivity index (χ4v) is 5.88. The van der Waals surface area contributed by atoms with Crippen molar-refractivity contribution in [2.45, 2.75) is 51.5 Å². The van der Waals surface area contributed by atoms with Crippen molar-refractivity contribution in [2.24, 2.45) is 0 Å². The summed E-state index contributed by atoms with van der Waals surface area (Å²) < 4.78 is 0. The lowest BCUT2D eigenvalue weighted by molar-refractivity contribution is -0.113. The van der Waals surface area contributed by atoms with Crippen molar-refractivity contribution >= 4 is 44.9 Å². The molecule has 0 atom stereocenters. The highest BCUT2D eigenvalue weighted by Gasteiger charge is 2.21. The highest BCUT2D eigenvalue weighted by molar-refractivity contribution is 8.00. The van der Waals surface area contributed by atoms with E-state index in [1.54, 1.807) is 11.3 Å². The van der Waals surface area contributed by atoms with Crippen LogP contribution >= 0.6 is 23.1 Å². The van der Waals surface area contributed by atoms with Gasteiger partial charge in [-0.2, -0.15) is 0 Å². The summed E-state index contributed by atoms with van der Waals surface area (Å²) in [6.45, 7) is 6.00. The average molecular weight is 398 g/mol. The van der Waals surface area contributed by atoms with Crippen LogP contribution in [0.1, 0.15) is 40.2 Å². The zero-order valence-corrected chi connectivity index (χ0v) is 17.5. The largest absolute Gasteiger partial charge is 0.325 e. The highest BCUT2D eigenvalue weighted by atomic mass is 32.2. The van der Waals surface area contributed by atoms with E-state index in [-0.39, 0.29) is 5.91 Å². The Bertz CT molecular complexity index is 1030. The third kappa shape index (κ3) is 3.87. The van der Waals surface area contributed by atoms with Crippen molar-refractivity contribution in [3.8, 4) is 0 Å². The molecule has 1 aliphatic rings. The molecule has 2 aromatic heterocycles. The fourth-order valence-electron chi connectivity index (χ4n) is 3.60. The molecule has 1 aliphatic carbocycles. The van der Waals surface area contributed by atoms with E-state index in [9.17, 15) is 4.79 Å². The fraction of sp³-hybridized carbons (Fsp3) is 0.381. The number of carbonyl (C=O) groups excluding carboxylic acids is 1. The number of amides is 1. The predicted molar refractivity (Wildman–Crippen MR) is 114 cm³/mol. The van der Waals surface area contributed by atoms with Crippen LogP contribution in [0, 0.1) is 20.8 Å². The molecule has 0 unspecified atom stereocenters. The molecule has 0 saturated carbocycles. The molecule has 4 rings (SSSR count). The Morgan fingerprint density at radius 1 is 1.19 bits per heavy atom. The number of hydrogen-bond acceptors (Lipinski definition) is 5. The highest BCUT2D eigenvalue weighted by Crippen LogP contribution is 2.39. The van der Waals surface area contributed by atoms with Crippen LogP contribution < -0.4 is 5.32 Å². The smallest absolute Gasteiger partial charge is 0.234 e. The topological polar surface area (TPSA) is 54.9 Å². The molecular formula is C21H23N3OS2. The summed E-state index contributed by atoms with van der Waals surface area (Å²) in [5, 5.41) is 5.16. The van der Waals surface area contributed by atoms with Crippen molar-refractivity contribution in [2.75, 3.05) is 11.1 Å². The van der Waals surface area contributed by atoms with E-state index in [4.69, 9.17) is 0 Å². The number of rotatable bonds is 4. The number of aryl methyl sites for hydroxylation is 5. The van der Waals surface area contributed by atoms with Gasteiger partial charge in [0.15, 0.2) is 0 Å². The minimum Gasteiger partial charge on any atom is -0.325 e. The maximum atomic E-state index is 12.5. The molecule has 0 bridgehead atoms. The van der Waals surface area contributed by atoms with Crippen LogP contribution in [0.15, 0.2) is 23.2 Å². The lowest BCUT2D eigenvalue weighted by Gasteiger charge is -2.12. The van der Waals surface area contributed by atoms with E-state index in [1.165, 1.54) is 46.0 Å². The zero-order valence-electron chi connectivity index (χ0n) is 15.9. The lowest BCUT2D eigenvalue weighted by Crippen LogP contribution is -2.15. The van der Waals surface area contributed by atoms with Crippen LogP contribution in [-0.2, 0) is 17.6 Å². The summed E-state index contributed by atoms with van der Waals surface area (Å²) >= 11 is 3.32. The lowest BCUT2D eigenvalue weighted by atomic mass is 9.97. The van der Waals surface area contributed by atoms with Crippen molar-refractivity contribution < 1.29 is 4.79 Å². The van der Waals surface area contributed by atoms with E-state index in [0.29, 0.717) is 5.75 Å². The first-order valence-electron chi connectivity index (χ1n) is 9.30. The van der Waals surface area contributed by atoms with E-state index in [2.05, 4.69) is 28.3 Å². The third-order valence-corrected chi connectivity index (χ3v) is 7.05. The number of nitrogens with zero attached hydrogens (tertiary/aromatic N) is 2. The molecule has 3 aromatic rings. The van der Waals surface area contributed by atoms with Gasteiger partial charge in [0, 0.05) is 16.0 Å². The Morgan fingerprint density at radius 2 is 2.00 bits per heavy atom. The average Bonchev–Trinajstić information content (AvgIpc) is 3.00. The number of hydrogen-bond donors (Lipinski definition) is 1. The van der Waals surface area contributed by atoms with Crippen LogP contribution in [-0.4, -0.2) is 21.6 Å². The van der Waals surface area contributed by atoms with E-state index >= 15 is 0 Å². The van der Waals surface area contributed by atoms with Gasteiger partial charge in [-0.05, 0) is 63.6 Å². The maximum Gasteiger partial charge on any atom is 0.234 e. The first kappa shape index (κ1) is 18.4. The molecule has 1 amide bonds. The first-order valence-corrected chi connectivity index (χ1v) is 11.1. The number of nitrogens with one attached hydrogen (secondary N) is 1. The number of thiophene rings is 1. The van der Waals surface area contributed by atoms with Crippen molar-refractivity contribution in [3.63, 3.8) is 0 Å². The van der Waals surface area contributed by atoms with Gasteiger partial charge in [0.1, 0.15) is 15.7 Å². The molecular weight excluding hydrogens is 374 g/mol. The minimum absolute atomic E-state index is 0.000431. The number of anilines is 1. The Morgan fingerprint density at radius 3 is 2.81 bits per heavy atom. The number of thioether (sulfide) groups is 1. The Kier molecular flexibility index (Phi) is 5.19. The van der Waals surface area contributed by atoms with E-state index in [1.807, 2.05) is 26.0 Å². The molecule has 4 nitrogen and oxygen atoms in total. The van der Waals surface area contributed by atoms with Gasteiger partial charge in [-0.3, -0.25) is 4.79 Å². The molecule has 27 heavy (non-hydrogen) atoms. The van der Waals surface area contributed by atoms with E-state index < -0.39 is 0 Å². The number of fused-ring (bicyclic) bond motifs is 3. The summed E-state index contributed by atoms with van der Waals surface area (Å²) in [5.74, 6) is 1.13. The van der Waals surface area contributed by atoms with Crippen LogP contribution in [0.3, 0.4) is 0 Å². The van der Waals surface area contributed by atoms with Gasteiger partial charge in [0.05, 0.1) is 5.75 Å². The molecule has 0 saturated heterocycles. The Hall–Kier alpha value is -1.92. The van der Waals surface area contributed by atoms with Crippen molar-refractivity contribution in [1.82, 2.24) is 9.97 Å². The standard InChI is InChI=1S/C21H23N3OS2/c1-12-8-9-16(13(2)10-12)24-18(25)11-26-20-19-15-6-4-5-7-17(15)27-21(19)23-14(3)22-20/h8-10H,4-7,11H2,1-3H3,(H,24,25). The van der Waals surface area contributed by atoms with Crippen LogP contribution in [0.4, 0.5) is 5.69 Å². The molecule has 2 heterocycles. The number of aromatic nitrogens is 2. The van der Waals surface area contributed by atoms with Gasteiger partial charge in [-0.1, -0.05) is 29.5 Å². The molecule has 1 aromatic carbocycles. The van der Waals surface area contributed by atoms with Gasteiger partial charge in [0.2, 0.25) is 5.91 Å². The normalized spacial score (nSPS) is 13.6. The monoisotopic (exact) mass is 397 g/mol. The first-order chi connectivity index (χ1) is 13.0. The maximum absolute atomic E-state index is 12.5. The van der Waals surface area contributed by atoms with Crippen LogP contribution in [0.2, 0.25) is 0 Å². The second-order valence-electron chi connectivity index (χ2n) is 7.12. The van der Waals surface area contributed by atoms with Crippen LogP contribution in [0.5, 0.6) is 0 Å². The molecule has 0 spiro atoms. The van der Waals surface area contributed by atoms with Crippen molar-refractivity contribution in [3.05, 3.63) is 45.6 Å². The van der Waals surface area contributed by atoms with Gasteiger partial charge in [-0.25, -0.2) is 9.97 Å². The molecule has 6 heteroatoms. The minimum atomic E-state index is 0.000431. The molecule has 140 valence electrons. The summed E-state index contributed by atoms with van der Waals surface area (Å²) in [6, 6.07) is 6.07. The Labute approximate surface area is 167 Å². The molecule has 0 aliphatic heterocycles. The van der Waals surface area contributed by atoms with Crippen molar-refractivity contribution in [1.29, 1.82) is 0 Å². The second kappa shape index (κ2) is 7.60. The SMILES string of the molecule is Cc1ccc(NC(=O)CSc2nc(C)nc3sc4c(c23)CCCC4)c(C)c1. The quantitative estimate of drug-likeness (QED) is 0.484. The van der Waals surface area contributed by atoms with Gasteiger partial charge in [-0.15, -0.1) is 11.3 Å². The summed E-state index contributed by atoms with van der Waals surface area (Å²) in [4.78, 5) is 24.3. The van der Waals surface area contributed by atoms with Gasteiger partial charge < -0.3 is 5.32 Å². The Balaban J connectivity index is 1.54. The molecule has 0 fully saturated rings. The molecule has 1 N–H and O–H groups in total. The number of benzene rings is 1. The van der Waals surface area contributed by atoms with Crippen LogP contribution in [0.25, 0.3) is 10.2 Å². The van der Waals surface area contributed by atoms with Gasteiger partial charge >= 0.3 is 0 Å². The zero-order chi connectivity index (χ0) is 19.0. The predicted octanol–water partition coefficient (Wildman–Crippen LogP) is 5.23. The molecule has 0 radical (unpaired) electrons.